The van der Waals surface area contributed by atoms with Crippen LogP contribution in [-0.4, -0.2) is 145 Å². The number of anilines is 1. The summed E-state index contributed by atoms with van der Waals surface area (Å²) in [6.45, 7) is 9.12. The zero-order valence-electron chi connectivity index (χ0n) is 35.0. The smallest absolute Gasteiger partial charge is 0.419 e. The van der Waals surface area contributed by atoms with Crippen LogP contribution in [-0.2, 0) is 39.0 Å². The molecule has 0 bridgehead atoms. The van der Waals surface area contributed by atoms with E-state index < -0.39 is 18.0 Å². The van der Waals surface area contributed by atoms with Crippen LogP contribution in [0.25, 0.3) is 11.1 Å². The molecule has 3 saturated heterocycles. The lowest BCUT2D eigenvalue weighted by atomic mass is 9.98. The first-order valence-corrected chi connectivity index (χ1v) is 20.8. The van der Waals surface area contributed by atoms with Crippen molar-refractivity contribution in [2.45, 2.75) is 90.8 Å². The molecule has 1 aromatic heterocycles. The molecule has 324 valence electrons. The van der Waals surface area contributed by atoms with Crippen molar-refractivity contribution in [2.24, 2.45) is 13.0 Å². The number of benzene rings is 2. The number of nitrogens with zero attached hydrogens (tertiary/aromatic N) is 6. The van der Waals surface area contributed by atoms with E-state index in [2.05, 4.69) is 17.1 Å². The molecule has 5 heterocycles. The van der Waals surface area contributed by atoms with E-state index in [0.29, 0.717) is 69.2 Å². The number of esters is 1. The fourth-order valence-corrected chi connectivity index (χ4v) is 8.45. The number of piperidine rings is 2. The molecule has 1 N–H and O–H groups in total. The number of oxazole rings is 1. The Balaban J connectivity index is 0.000000376. The van der Waals surface area contributed by atoms with Crippen molar-refractivity contribution in [3.63, 3.8) is 0 Å². The van der Waals surface area contributed by atoms with Gasteiger partial charge in [0.05, 0.1) is 5.52 Å². The van der Waals surface area contributed by atoms with E-state index in [1.165, 1.54) is 4.57 Å². The van der Waals surface area contributed by atoms with E-state index >= 15 is 0 Å². The Hall–Kier alpha value is -4.89. The van der Waals surface area contributed by atoms with Gasteiger partial charge in [0.25, 0.3) is 5.91 Å². The SMILES string of the molecule is C.CN(C)CCOC(=O)[C@@H]1CCCN1C.Cc1cc(C[C@@H](OC(=O)N2CCC(N3CCc4ccccc4NC3=O)CC2)C(=O)N2CCC(C)CC2)cc2oc(=O)n(C)c12. The van der Waals surface area contributed by atoms with Crippen molar-refractivity contribution in [1.29, 1.82) is 0 Å². The summed E-state index contributed by atoms with van der Waals surface area (Å²) in [5.74, 6) is -0.166. The second kappa shape index (κ2) is 20.4. The van der Waals surface area contributed by atoms with Crippen molar-refractivity contribution < 1.29 is 33.1 Å². The predicted molar refractivity (Wildman–Crippen MR) is 228 cm³/mol. The van der Waals surface area contributed by atoms with Gasteiger partial charge in [-0.2, -0.15) is 0 Å². The number of carbonyl (C=O) groups excluding carboxylic acids is 4. The molecular formula is C44H65N7O8. The minimum Gasteiger partial charge on any atom is -0.463 e. The fourth-order valence-electron chi connectivity index (χ4n) is 8.45. The topological polar surface area (TPSA) is 150 Å². The molecule has 0 saturated carbocycles. The first-order valence-electron chi connectivity index (χ1n) is 20.8. The van der Waals surface area contributed by atoms with E-state index in [0.717, 1.165) is 67.6 Å². The summed E-state index contributed by atoms with van der Waals surface area (Å²) in [6.07, 6.45) is 4.55. The maximum absolute atomic E-state index is 13.8. The molecular weight excluding hydrogens is 755 g/mol. The molecule has 0 unspecified atom stereocenters. The predicted octanol–water partition coefficient (Wildman–Crippen LogP) is 5.12. The van der Waals surface area contributed by atoms with Crippen LogP contribution in [0.1, 0.15) is 69.6 Å². The number of para-hydroxylation sites is 1. The molecule has 59 heavy (non-hydrogen) atoms. The summed E-state index contributed by atoms with van der Waals surface area (Å²) in [5.41, 5.74) is 4.72. The van der Waals surface area contributed by atoms with Crippen LogP contribution in [0.3, 0.4) is 0 Å². The number of aryl methyl sites for hydroxylation is 2. The molecule has 15 nitrogen and oxygen atoms in total. The number of ether oxygens (including phenoxy) is 2. The van der Waals surface area contributed by atoms with Gasteiger partial charge in [0.15, 0.2) is 11.7 Å². The number of rotatable bonds is 9. The number of hydrogen-bond donors (Lipinski definition) is 1. The molecule has 4 amide bonds. The zero-order chi connectivity index (χ0) is 41.5. The Morgan fingerprint density at radius 2 is 1.63 bits per heavy atom. The molecule has 4 aliphatic rings. The van der Waals surface area contributed by atoms with E-state index in [1.807, 2.05) is 68.2 Å². The molecule has 3 fully saturated rings. The van der Waals surface area contributed by atoms with Crippen LogP contribution in [0, 0.1) is 12.8 Å². The highest BCUT2D eigenvalue weighted by Gasteiger charge is 2.36. The zero-order valence-corrected chi connectivity index (χ0v) is 35.0. The van der Waals surface area contributed by atoms with Gasteiger partial charge in [0, 0.05) is 64.5 Å². The number of amides is 4. The number of nitrogens with one attached hydrogen (secondary N) is 1. The molecule has 3 aromatic rings. The highest BCUT2D eigenvalue weighted by molar-refractivity contribution is 5.91. The van der Waals surface area contributed by atoms with Crippen LogP contribution >= 0.6 is 0 Å². The number of urea groups is 1. The molecule has 0 radical (unpaired) electrons. The van der Waals surface area contributed by atoms with Crippen molar-refractivity contribution in [1.82, 2.24) is 29.1 Å². The van der Waals surface area contributed by atoms with Gasteiger partial charge in [-0.3, -0.25) is 19.1 Å². The number of aromatic nitrogens is 1. The Morgan fingerprint density at radius 1 is 0.932 bits per heavy atom. The minimum absolute atomic E-state index is 0. The minimum atomic E-state index is -1.00. The number of hydrogen-bond acceptors (Lipinski definition) is 10. The highest BCUT2D eigenvalue weighted by Crippen LogP contribution is 2.27. The van der Waals surface area contributed by atoms with E-state index in [9.17, 15) is 24.0 Å². The van der Waals surface area contributed by atoms with Crippen molar-refractivity contribution in [3.8, 4) is 0 Å². The van der Waals surface area contributed by atoms with Gasteiger partial charge in [0.1, 0.15) is 12.6 Å². The van der Waals surface area contributed by atoms with Gasteiger partial charge in [0.2, 0.25) is 0 Å². The lowest BCUT2D eigenvalue weighted by Crippen LogP contribution is -2.51. The van der Waals surface area contributed by atoms with Gasteiger partial charge < -0.3 is 38.8 Å². The highest BCUT2D eigenvalue weighted by atomic mass is 16.6. The van der Waals surface area contributed by atoms with Crippen molar-refractivity contribution >= 4 is 40.8 Å². The monoisotopic (exact) mass is 819 g/mol. The molecule has 15 heteroatoms. The van der Waals surface area contributed by atoms with Crippen LogP contribution in [0.2, 0.25) is 0 Å². The third-order valence-corrected chi connectivity index (χ3v) is 12.0. The van der Waals surface area contributed by atoms with Gasteiger partial charge in [-0.15, -0.1) is 0 Å². The molecule has 0 aliphatic carbocycles. The second-order valence-electron chi connectivity index (χ2n) is 16.6. The largest absolute Gasteiger partial charge is 0.463 e. The summed E-state index contributed by atoms with van der Waals surface area (Å²) in [5, 5.41) is 3.03. The Bertz CT molecular complexity index is 1980. The maximum atomic E-state index is 13.8. The molecule has 7 rings (SSSR count). The Morgan fingerprint density at radius 3 is 2.31 bits per heavy atom. The standard InChI is InChI=1S/C33H41N5O6.C10H20N2O2.CH4/c1-21-8-13-36(14-9-21)30(39)28(20-23-18-22(2)29-27(19-23)43-32(41)35(29)3)44-33(42)37-15-11-25(12-16-37)38-17-10-24-6-4-5-7-26(24)34-31(38)40;1-11(2)7-8-14-10(13)9-5-4-6-12(9)3;/h4-7,18-19,21,25,28H,8-17,20H2,1-3H3,(H,34,40);9H,4-8H2,1-3H3;1H4/t28-;9-;/m10./s1. The summed E-state index contributed by atoms with van der Waals surface area (Å²) < 4.78 is 18.1. The fraction of sp³-hybridized carbons (Fsp3) is 0.614. The van der Waals surface area contributed by atoms with E-state index in [1.54, 1.807) is 22.9 Å². The third kappa shape index (κ3) is 11.2. The van der Waals surface area contributed by atoms with Gasteiger partial charge in [-0.05, 0) is 114 Å². The lowest BCUT2D eigenvalue weighted by Gasteiger charge is -2.38. The normalized spacial score (nSPS) is 19.6. The summed E-state index contributed by atoms with van der Waals surface area (Å²) in [7, 11) is 7.57. The van der Waals surface area contributed by atoms with Gasteiger partial charge in [-0.1, -0.05) is 38.6 Å². The van der Waals surface area contributed by atoms with Crippen LogP contribution in [0.5, 0.6) is 0 Å². The van der Waals surface area contributed by atoms with Crippen molar-refractivity contribution in [2.75, 3.05) is 78.9 Å². The summed E-state index contributed by atoms with van der Waals surface area (Å²) >= 11 is 0. The van der Waals surface area contributed by atoms with Gasteiger partial charge in [-0.25, -0.2) is 14.4 Å². The number of likely N-dealkylation sites (N-methyl/N-ethyl adjacent to an activating group) is 2. The van der Waals surface area contributed by atoms with Crippen LogP contribution in [0.4, 0.5) is 15.3 Å². The Kier molecular flexibility index (Phi) is 15.6. The Labute approximate surface area is 348 Å². The average Bonchev–Trinajstić information content (AvgIpc) is 3.70. The summed E-state index contributed by atoms with van der Waals surface area (Å²) in [4.78, 5) is 73.4. The molecule has 2 aromatic carbocycles. The number of likely N-dealkylation sites (tertiary alicyclic amines) is 3. The van der Waals surface area contributed by atoms with Gasteiger partial charge >= 0.3 is 23.8 Å². The van der Waals surface area contributed by atoms with E-state index in [4.69, 9.17) is 13.9 Å². The number of carbonyl (C=O) groups is 4. The first-order chi connectivity index (χ1) is 27.8. The molecule has 4 aliphatic heterocycles. The van der Waals surface area contributed by atoms with E-state index in [-0.39, 0.29) is 43.8 Å². The summed E-state index contributed by atoms with van der Waals surface area (Å²) in [6, 6.07) is 11.4. The molecule has 2 atom stereocenters. The van der Waals surface area contributed by atoms with Crippen LogP contribution in [0.15, 0.2) is 45.6 Å². The van der Waals surface area contributed by atoms with Crippen molar-refractivity contribution in [3.05, 3.63) is 63.6 Å². The second-order valence-corrected chi connectivity index (χ2v) is 16.6. The first kappa shape index (κ1) is 45.2. The molecule has 0 spiro atoms. The average molecular weight is 820 g/mol. The lowest BCUT2D eigenvalue weighted by molar-refractivity contribution is -0.148. The van der Waals surface area contributed by atoms with Crippen LogP contribution < -0.4 is 11.1 Å². The maximum Gasteiger partial charge on any atom is 0.419 e. The number of fused-ring (bicyclic) bond motifs is 2. The third-order valence-electron chi connectivity index (χ3n) is 12.0. The quantitative estimate of drug-likeness (QED) is 0.289.